The fraction of sp³-hybridized carbons (Fsp3) is 0.407. The van der Waals surface area contributed by atoms with Crippen LogP contribution in [-0.2, 0) is 17.5 Å². The maximum Gasteiger partial charge on any atom is 0.416 e. The third-order valence-electron chi connectivity index (χ3n) is 7.30. The molecule has 2 aliphatic rings. The SMILES string of the molecule is C[C@]1(C(=O)NC2CCCCCC2)Cn2c(cc3ccccc32)C(=O)N1c1cccc(C(F)(F)F)c1. The zero-order chi connectivity index (χ0) is 24.8. The van der Waals surface area contributed by atoms with E-state index in [2.05, 4.69) is 5.32 Å². The smallest absolute Gasteiger partial charge is 0.351 e. The highest BCUT2D eigenvalue weighted by molar-refractivity contribution is 6.14. The van der Waals surface area contributed by atoms with Crippen molar-refractivity contribution in [3.8, 4) is 0 Å². The number of hydrogen-bond donors (Lipinski definition) is 1. The van der Waals surface area contributed by atoms with E-state index in [4.69, 9.17) is 0 Å². The van der Waals surface area contributed by atoms with Crippen LogP contribution in [0.4, 0.5) is 18.9 Å². The molecule has 1 aromatic heterocycles. The van der Waals surface area contributed by atoms with Gasteiger partial charge in [-0.05, 0) is 50.1 Å². The Morgan fingerprint density at radius 2 is 1.71 bits per heavy atom. The largest absolute Gasteiger partial charge is 0.416 e. The van der Waals surface area contributed by atoms with Crippen molar-refractivity contribution in [2.24, 2.45) is 0 Å². The lowest BCUT2D eigenvalue weighted by atomic mass is 9.92. The summed E-state index contributed by atoms with van der Waals surface area (Å²) in [5.74, 6) is -0.844. The van der Waals surface area contributed by atoms with Gasteiger partial charge in [0.25, 0.3) is 5.91 Å². The Labute approximate surface area is 201 Å². The summed E-state index contributed by atoms with van der Waals surface area (Å²) < 4.78 is 42.4. The Hall–Kier alpha value is -3.29. The lowest BCUT2D eigenvalue weighted by Gasteiger charge is -2.44. The minimum Gasteiger partial charge on any atom is -0.351 e. The standard InChI is InChI=1S/C27H28F3N3O2/c1-26(25(35)31-20-11-4-2-3-5-12-20)17-32-22-14-7-6-9-18(22)15-23(32)24(34)33(26)21-13-8-10-19(16-21)27(28,29)30/h6-10,13-16,20H,2-5,11-12,17H2,1H3,(H,31,35)/t26-/m1/s1. The maximum absolute atomic E-state index is 13.9. The van der Waals surface area contributed by atoms with E-state index in [-0.39, 0.29) is 24.2 Å². The number of anilines is 1. The van der Waals surface area contributed by atoms with E-state index < -0.39 is 23.2 Å². The van der Waals surface area contributed by atoms with Crippen molar-refractivity contribution in [3.63, 3.8) is 0 Å². The summed E-state index contributed by atoms with van der Waals surface area (Å²) in [6.45, 7) is 1.78. The first-order chi connectivity index (χ1) is 16.7. The van der Waals surface area contributed by atoms with Gasteiger partial charge in [-0.3, -0.25) is 14.5 Å². The van der Waals surface area contributed by atoms with Crippen LogP contribution < -0.4 is 10.2 Å². The van der Waals surface area contributed by atoms with Crippen LogP contribution >= 0.6 is 0 Å². The second kappa shape index (κ2) is 8.73. The number of amides is 2. The molecule has 5 nitrogen and oxygen atoms in total. The van der Waals surface area contributed by atoms with Gasteiger partial charge in [0, 0.05) is 22.6 Å². The number of nitrogens with zero attached hydrogens (tertiary/aromatic N) is 2. The van der Waals surface area contributed by atoms with Crippen molar-refractivity contribution >= 4 is 28.4 Å². The Kier molecular flexibility index (Phi) is 5.85. The molecule has 2 heterocycles. The molecule has 0 radical (unpaired) electrons. The van der Waals surface area contributed by atoms with Crippen molar-refractivity contribution in [1.82, 2.24) is 9.88 Å². The number of fused-ring (bicyclic) bond motifs is 3. The van der Waals surface area contributed by atoms with Gasteiger partial charge in [-0.2, -0.15) is 13.2 Å². The lowest BCUT2D eigenvalue weighted by molar-refractivity contribution is -0.137. The monoisotopic (exact) mass is 483 g/mol. The lowest BCUT2D eigenvalue weighted by Crippen LogP contribution is -2.65. The first-order valence-electron chi connectivity index (χ1n) is 12.1. The van der Waals surface area contributed by atoms with Crippen molar-refractivity contribution < 1.29 is 22.8 Å². The third-order valence-corrected chi connectivity index (χ3v) is 7.30. The van der Waals surface area contributed by atoms with E-state index >= 15 is 0 Å². The van der Waals surface area contributed by atoms with Crippen molar-refractivity contribution in [2.75, 3.05) is 4.90 Å². The highest BCUT2D eigenvalue weighted by Gasteiger charge is 2.49. The van der Waals surface area contributed by atoms with Gasteiger partial charge in [0.15, 0.2) is 0 Å². The summed E-state index contributed by atoms with van der Waals surface area (Å²) in [7, 11) is 0. The van der Waals surface area contributed by atoms with Crippen LogP contribution in [0.25, 0.3) is 10.9 Å². The van der Waals surface area contributed by atoms with Crippen LogP contribution in [0.15, 0.2) is 54.6 Å². The Balaban J connectivity index is 1.61. The van der Waals surface area contributed by atoms with Crippen LogP contribution in [0.2, 0.25) is 0 Å². The molecule has 35 heavy (non-hydrogen) atoms. The molecule has 3 aromatic rings. The second-order valence-corrected chi connectivity index (χ2v) is 9.80. The number of benzene rings is 2. The van der Waals surface area contributed by atoms with E-state index in [1.165, 1.54) is 17.0 Å². The molecule has 0 unspecified atom stereocenters. The topological polar surface area (TPSA) is 54.3 Å². The van der Waals surface area contributed by atoms with Crippen LogP contribution in [-0.4, -0.2) is 28.0 Å². The molecule has 1 aliphatic carbocycles. The number of rotatable bonds is 3. The molecule has 2 aromatic carbocycles. The van der Waals surface area contributed by atoms with Gasteiger partial charge in [0.2, 0.25) is 5.91 Å². The van der Waals surface area contributed by atoms with E-state index in [0.717, 1.165) is 61.6 Å². The molecule has 1 atom stereocenters. The van der Waals surface area contributed by atoms with Crippen LogP contribution in [0.1, 0.15) is 61.5 Å². The fourth-order valence-corrected chi connectivity index (χ4v) is 5.44. The number of carbonyl (C=O) groups is 2. The van der Waals surface area contributed by atoms with E-state index in [1.54, 1.807) is 13.0 Å². The predicted molar refractivity (Wildman–Crippen MR) is 128 cm³/mol. The van der Waals surface area contributed by atoms with E-state index in [0.29, 0.717) is 5.69 Å². The molecule has 1 N–H and O–H groups in total. The highest BCUT2D eigenvalue weighted by Crippen LogP contribution is 2.38. The van der Waals surface area contributed by atoms with Crippen LogP contribution in [0.5, 0.6) is 0 Å². The number of carbonyl (C=O) groups excluding carboxylic acids is 2. The summed E-state index contributed by atoms with van der Waals surface area (Å²) in [6.07, 6.45) is 1.43. The average molecular weight is 484 g/mol. The highest BCUT2D eigenvalue weighted by atomic mass is 19.4. The summed E-state index contributed by atoms with van der Waals surface area (Å²) in [5.41, 5.74) is -1.06. The Bertz CT molecular complexity index is 1270. The molecule has 1 fully saturated rings. The number of aromatic nitrogens is 1. The molecule has 0 spiro atoms. The number of halogens is 3. The summed E-state index contributed by atoms with van der Waals surface area (Å²) >= 11 is 0. The van der Waals surface area contributed by atoms with Gasteiger partial charge in [0.1, 0.15) is 11.2 Å². The molecule has 0 bridgehead atoms. The molecule has 1 aliphatic heterocycles. The molecular weight excluding hydrogens is 455 g/mol. The third kappa shape index (κ3) is 4.19. The number of alkyl halides is 3. The zero-order valence-electron chi connectivity index (χ0n) is 19.6. The molecule has 2 amide bonds. The Morgan fingerprint density at radius 1 is 1.00 bits per heavy atom. The van der Waals surface area contributed by atoms with Gasteiger partial charge in [-0.1, -0.05) is 49.9 Å². The van der Waals surface area contributed by atoms with Crippen molar-refractivity contribution in [3.05, 3.63) is 65.9 Å². The summed E-state index contributed by atoms with van der Waals surface area (Å²) in [5, 5.41) is 3.98. The van der Waals surface area contributed by atoms with Crippen LogP contribution in [0, 0.1) is 0 Å². The van der Waals surface area contributed by atoms with Gasteiger partial charge >= 0.3 is 6.18 Å². The fourth-order valence-electron chi connectivity index (χ4n) is 5.44. The quantitative estimate of drug-likeness (QED) is 0.471. The minimum absolute atomic E-state index is 0.0110. The van der Waals surface area contributed by atoms with Crippen molar-refractivity contribution in [1.29, 1.82) is 0 Å². The predicted octanol–water partition coefficient (Wildman–Crippen LogP) is 5.92. The average Bonchev–Trinajstić information content (AvgIpc) is 2.99. The van der Waals surface area contributed by atoms with Crippen molar-refractivity contribution in [2.45, 2.75) is 69.8 Å². The van der Waals surface area contributed by atoms with E-state index in [1.807, 2.05) is 28.8 Å². The first-order valence-corrected chi connectivity index (χ1v) is 12.1. The normalized spacial score (nSPS) is 21.6. The second-order valence-electron chi connectivity index (χ2n) is 9.80. The zero-order valence-corrected chi connectivity index (χ0v) is 19.6. The molecule has 8 heteroatoms. The number of nitrogens with one attached hydrogen (secondary N) is 1. The summed E-state index contributed by atoms with van der Waals surface area (Å²) in [6, 6.07) is 13.9. The molecule has 184 valence electrons. The van der Waals surface area contributed by atoms with E-state index in [9.17, 15) is 22.8 Å². The summed E-state index contributed by atoms with van der Waals surface area (Å²) in [4.78, 5) is 29.0. The number of hydrogen-bond acceptors (Lipinski definition) is 2. The first kappa shape index (κ1) is 23.5. The van der Waals surface area contributed by atoms with Gasteiger partial charge in [-0.15, -0.1) is 0 Å². The minimum atomic E-state index is -4.57. The molecule has 5 rings (SSSR count). The Morgan fingerprint density at radius 3 is 2.43 bits per heavy atom. The van der Waals surface area contributed by atoms with Gasteiger partial charge in [0.05, 0.1) is 12.1 Å². The van der Waals surface area contributed by atoms with Gasteiger partial charge in [-0.25, -0.2) is 0 Å². The molecule has 1 saturated carbocycles. The number of para-hydroxylation sites is 1. The van der Waals surface area contributed by atoms with Crippen LogP contribution in [0.3, 0.4) is 0 Å². The molecular formula is C27H28F3N3O2. The van der Waals surface area contributed by atoms with Gasteiger partial charge < -0.3 is 9.88 Å². The molecule has 0 saturated heterocycles. The maximum atomic E-state index is 13.9.